The average molecular weight is 345 g/mol. The quantitative estimate of drug-likeness (QED) is 0.812. The van der Waals surface area contributed by atoms with E-state index in [2.05, 4.69) is 10.6 Å². The molecule has 2 N–H and O–H groups in total. The molecule has 0 bridgehead atoms. The zero-order valence-electron chi connectivity index (χ0n) is 13.1. The number of rotatable bonds is 5. The van der Waals surface area contributed by atoms with Gasteiger partial charge in [0.05, 0.1) is 12.8 Å². The van der Waals surface area contributed by atoms with E-state index >= 15 is 0 Å². The van der Waals surface area contributed by atoms with E-state index in [0.717, 1.165) is 0 Å². The molecule has 124 valence electrons. The lowest BCUT2D eigenvalue weighted by Gasteiger charge is -2.17. The number of anilines is 2. The molecule has 6 heteroatoms. The van der Waals surface area contributed by atoms with E-state index in [0.29, 0.717) is 35.0 Å². The van der Waals surface area contributed by atoms with Gasteiger partial charge in [0.15, 0.2) is 0 Å². The van der Waals surface area contributed by atoms with Gasteiger partial charge in [0, 0.05) is 10.7 Å². The summed E-state index contributed by atoms with van der Waals surface area (Å²) in [6, 6.07) is 14.0. The van der Waals surface area contributed by atoms with Gasteiger partial charge >= 0.3 is 0 Å². The Bertz CT molecular complexity index is 773. The van der Waals surface area contributed by atoms with Gasteiger partial charge in [0.2, 0.25) is 11.8 Å². The summed E-state index contributed by atoms with van der Waals surface area (Å²) in [5, 5.41) is 6.03. The second-order valence-electron chi connectivity index (χ2n) is 5.70. The molecule has 2 aromatic rings. The third-order valence-corrected chi connectivity index (χ3v) is 4.30. The first-order chi connectivity index (χ1) is 11.5. The first kappa shape index (κ1) is 16.3. The van der Waals surface area contributed by atoms with Gasteiger partial charge in [0.1, 0.15) is 11.2 Å². The normalized spacial score (nSPS) is 14.6. The fourth-order valence-corrected chi connectivity index (χ4v) is 2.65. The Kier molecular flexibility index (Phi) is 4.44. The van der Waals surface area contributed by atoms with Crippen molar-refractivity contribution in [1.29, 1.82) is 0 Å². The van der Waals surface area contributed by atoms with Crippen LogP contribution in [0, 0.1) is 5.41 Å². The Morgan fingerprint density at radius 1 is 1.04 bits per heavy atom. The number of benzene rings is 2. The number of para-hydroxylation sites is 1. The molecule has 1 aliphatic rings. The van der Waals surface area contributed by atoms with E-state index in [-0.39, 0.29) is 11.8 Å². The molecule has 5 nitrogen and oxygen atoms in total. The Balaban J connectivity index is 1.75. The van der Waals surface area contributed by atoms with Gasteiger partial charge in [-0.05, 0) is 43.2 Å². The Morgan fingerprint density at radius 2 is 1.71 bits per heavy atom. The van der Waals surface area contributed by atoms with E-state index < -0.39 is 5.41 Å². The van der Waals surface area contributed by atoms with Crippen LogP contribution in [0.5, 0.6) is 5.75 Å². The molecular weight excluding hydrogens is 328 g/mol. The van der Waals surface area contributed by atoms with Crippen molar-refractivity contribution < 1.29 is 14.3 Å². The van der Waals surface area contributed by atoms with Crippen LogP contribution in [0.4, 0.5) is 11.4 Å². The molecule has 0 radical (unpaired) electrons. The van der Waals surface area contributed by atoms with Crippen LogP contribution in [0.3, 0.4) is 0 Å². The van der Waals surface area contributed by atoms with Crippen molar-refractivity contribution in [3.63, 3.8) is 0 Å². The van der Waals surface area contributed by atoms with Gasteiger partial charge in [-0.3, -0.25) is 9.59 Å². The Morgan fingerprint density at radius 3 is 2.33 bits per heavy atom. The smallest absolute Gasteiger partial charge is 0.240 e. The van der Waals surface area contributed by atoms with Crippen LogP contribution in [0.25, 0.3) is 0 Å². The molecule has 0 unspecified atom stereocenters. The summed E-state index contributed by atoms with van der Waals surface area (Å²) >= 11 is 5.97. The first-order valence-electron chi connectivity index (χ1n) is 7.57. The topological polar surface area (TPSA) is 67.4 Å². The van der Waals surface area contributed by atoms with Gasteiger partial charge in [0.25, 0.3) is 0 Å². The van der Waals surface area contributed by atoms with Gasteiger partial charge in [-0.25, -0.2) is 0 Å². The fourth-order valence-electron chi connectivity index (χ4n) is 2.47. The first-order valence-corrected chi connectivity index (χ1v) is 7.94. The summed E-state index contributed by atoms with van der Waals surface area (Å²) in [6.07, 6.45) is 1.03. The zero-order valence-corrected chi connectivity index (χ0v) is 13.9. The third kappa shape index (κ3) is 3.21. The van der Waals surface area contributed by atoms with Crippen molar-refractivity contribution in [3.8, 4) is 5.75 Å². The molecule has 0 saturated heterocycles. The highest BCUT2D eigenvalue weighted by atomic mass is 35.5. The fraction of sp³-hybridized carbons (Fsp3) is 0.222. The van der Waals surface area contributed by atoms with E-state index in [1.54, 1.807) is 30.3 Å². The van der Waals surface area contributed by atoms with Gasteiger partial charge in [-0.15, -0.1) is 0 Å². The zero-order chi connectivity index (χ0) is 17.2. The second-order valence-corrected chi connectivity index (χ2v) is 6.14. The maximum atomic E-state index is 12.6. The van der Waals surface area contributed by atoms with Crippen molar-refractivity contribution in [3.05, 3.63) is 53.6 Å². The summed E-state index contributed by atoms with van der Waals surface area (Å²) in [4.78, 5) is 25.2. The van der Waals surface area contributed by atoms with Crippen LogP contribution in [-0.4, -0.2) is 18.9 Å². The van der Waals surface area contributed by atoms with Crippen LogP contribution in [-0.2, 0) is 9.59 Å². The molecule has 3 rings (SSSR count). The van der Waals surface area contributed by atoms with Crippen molar-refractivity contribution in [2.24, 2.45) is 5.41 Å². The summed E-state index contributed by atoms with van der Waals surface area (Å²) in [6.45, 7) is 0. The predicted octanol–water partition coefficient (Wildman–Crippen LogP) is 3.71. The van der Waals surface area contributed by atoms with Crippen molar-refractivity contribution >= 4 is 34.8 Å². The number of carbonyl (C=O) groups is 2. The second kappa shape index (κ2) is 6.53. The molecular formula is C18H17ClN2O3. The number of hydrogen-bond donors (Lipinski definition) is 2. The van der Waals surface area contributed by atoms with Crippen LogP contribution in [0.1, 0.15) is 12.8 Å². The van der Waals surface area contributed by atoms with Crippen LogP contribution in [0.2, 0.25) is 5.02 Å². The molecule has 2 aromatic carbocycles. The maximum absolute atomic E-state index is 12.6. The molecule has 1 saturated carbocycles. The lowest BCUT2D eigenvalue weighted by molar-refractivity contribution is -0.131. The van der Waals surface area contributed by atoms with E-state index in [4.69, 9.17) is 16.3 Å². The number of nitrogens with one attached hydrogen (secondary N) is 2. The van der Waals surface area contributed by atoms with Crippen molar-refractivity contribution in [2.75, 3.05) is 17.7 Å². The number of hydrogen-bond acceptors (Lipinski definition) is 3. The number of ether oxygens (including phenoxy) is 1. The van der Waals surface area contributed by atoms with Gasteiger partial charge < -0.3 is 15.4 Å². The van der Waals surface area contributed by atoms with Crippen LogP contribution in [0.15, 0.2) is 48.5 Å². The highest BCUT2D eigenvalue weighted by molar-refractivity contribution is 6.31. The number of methoxy groups -OCH3 is 1. The maximum Gasteiger partial charge on any atom is 0.240 e. The summed E-state index contributed by atoms with van der Waals surface area (Å²) in [7, 11) is 1.51. The molecule has 1 fully saturated rings. The molecule has 0 atom stereocenters. The van der Waals surface area contributed by atoms with E-state index in [9.17, 15) is 9.59 Å². The van der Waals surface area contributed by atoms with Gasteiger partial charge in [-0.2, -0.15) is 0 Å². The highest BCUT2D eigenvalue weighted by Gasteiger charge is 2.56. The standard InChI is InChI=1S/C18H17ClN2O3/c1-24-15-8-7-12(19)11-14(15)21-17(23)18(9-10-18)16(22)20-13-5-3-2-4-6-13/h2-8,11H,9-10H2,1H3,(H,20,22)(H,21,23). The molecule has 0 spiro atoms. The minimum Gasteiger partial charge on any atom is -0.495 e. The molecule has 0 aromatic heterocycles. The minimum atomic E-state index is -1.04. The number of halogens is 1. The van der Waals surface area contributed by atoms with Crippen molar-refractivity contribution in [2.45, 2.75) is 12.8 Å². The minimum absolute atomic E-state index is 0.299. The lowest BCUT2D eigenvalue weighted by atomic mass is 10.0. The lowest BCUT2D eigenvalue weighted by Crippen LogP contribution is -2.35. The molecule has 24 heavy (non-hydrogen) atoms. The number of carbonyl (C=O) groups excluding carboxylic acids is 2. The molecule has 1 aliphatic carbocycles. The van der Waals surface area contributed by atoms with E-state index in [1.807, 2.05) is 18.2 Å². The van der Waals surface area contributed by atoms with Gasteiger partial charge in [-0.1, -0.05) is 29.8 Å². The highest BCUT2D eigenvalue weighted by Crippen LogP contribution is 2.48. The van der Waals surface area contributed by atoms with E-state index in [1.165, 1.54) is 7.11 Å². The SMILES string of the molecule is COc1ccc(Cl)cc1NC(=O)C1(C(=O)Nc2ccccc2)CC1. The summed E-state index contributed by atoms with van der Waals surface area (Å²) in [5.41, 5.74) is 0.0825. The molecule has 2 amide bonds. The molecule has 0 aliphatic heterocycles. The Labute approximate surface area is 145 Å². The summed E-state index contributed by atoms with van der Waals surface area (Å²) < 4.78 is 5.22. The van der Waals surface area contributed by atoms with Crippen molar-refractivity contribution in [1.82, 2.24) is 0 Å². The third-order valence-electron chi connectivity index (χ3n) is 4.06. The Hall–Kier alpha value is -2.53. The monoisotopic (exact) mass is 344 g/mol. The van der Waals surface area contributed by atoms with Crippen LogP contribution < -0.4 is 15.4 Å². The average Bonchev–Trinajstić information content (AvgIpc) is 3.38. The largest absolute Gasteiger partial charge is 0.495 e. The predicted molar refractivity (Wildman–Crippen MR) is 93.4 cm³/mol. The molecule has 0 heterocycles. The van der Waals surface area contributed by atoms with Crippen LogP contribution >= 0.6 is 11.6 Å². The number of amides is 2. The summed E-state index contributed by atoms with van der Waals surface area (Å²) in [5.74, 6) is -0.157.